The molecular weight excluding hydrogens is 172 g/mol. The van der Waals surface area contributed by atoms with Gasteiger partial charge in [0.2, 0.25) is 0 Å². The van der Waals surface area contributed by atoms with Crippen LogP contribution in [0.15, 0.2) is 4.79 Å². The minimum atomic E-state index is -0.494. The third-order valence-corrected chi connectivity index (χ3v) is 1.57. The summed E-state index contributed by atoms with van der Waals surface area (Å²) in [6.45, 7) is 2.45. The first-order valence-corrected chi connectivity index (χ1v) is 4.01. The highest BCUT2D eigenvalue weighted by molar-refractivity contribution is 5.97. The summed E-state index contributed by atoms with van der Waals surface area (Å²) < 4.78 is 0. The van der Waals surface area contributed by atoms with E-state index < -0.39 is 11.5 Å². The van der Waals surface area contributed by atoms with E-state index in [2.05, 4.69) is 15.5 Å². The molecule has 0 saturated carbocycles. The fourth-order valence-electron chi connectivity index (χ4n) is 0.924. The lowest BCUT2D eigenvalue weighted by atomic mass is 10.3. The van der Waals surface area contributed by atoms with Crippen LogP contribution in [-0.4, -0.2) is 22.6 Å². The Balaban J connectivity index is 2.82. The van der Waals surface area contributed by atoms with Gasteiger partial charge >= 0.3 is 0 Å². The van der Waals surface area contributed by atoms with Gasteiger partial charge < -0.3 is 11.1 Å². The molecule has 1 aromatic rings. The third kappa shape index (κ3) is 1.90. The Morgan fingerprint density at radius 3 is 2.69 bits per heavy atom. The molecule has 6 nitrogen and oxygen atoms in total. The van der Waals surface area contributed by atoms with E-state index in [1.54, 1.807) is 0 Å². The zero-order valence-electron chi connectivity index (χ0n) is 7.31. The van der Waals surface area contributed by atoms with Crippen LogP contribution < -0.4 is 16.6 Å². The van der Waals surface area contributed by atoms with Crippen LogP contribution in [0.1, 0.15) is 23.7 Å². The average molecular weight is 184 g/mol. The van der Waals surface area contributed by atoms with Gasteiger partial charge in [0.25, 0.3) is 11.5 Å². The highest BCUT2D eigenvalue weighted by Gasteiger charge is 2.14. The molecular formula is C7H12N4O2. The molecule has 1 amide bonds. The molecule has 0 aliphatic carbocycles. The van der Waals surface area contributed by atoms with Crippen molar-refractivity contribution in [2.45, 2.75) is 13.3 Å². The topological polar surface area (TPSA) is 104 Å². The molecule has 0 fully saturated rings. The molecule has 5 N–H and O–H groups in total. The number of H-pyrrole nitrogens is 2. The third-order valence-electron chi connectivity index (χ3n) is 1.57. The minimum absolute atomic E-state index is 0.0477. The Morgan fingerprint density at radius 1 is 1.54 bits per heavy atom. The average Bonchev–Trinajstić information content (AvgIpc) is 2.42. The molecule has 1 aromatic heterocycles. The number of carbonyl (C=O) groups is 1. The summed E-state index contributed by atoms with van der Waals surface area (Å²) in [6, 6.07) is 0. The molecule has 1 heterocycles. The number of hydrogen-bond acceptors (Lipinski definition) is 3. The number of rotatable bonds is 3. The van der Waals surface area contributed by atoms with E-state index in [1.165, 1.54) is 0 Å². The largest absolute Gasteiger partial charge is 0.383 e. The highest BCUT2D eigenvalue weighted by atomic mass is 16.2. The first-order chi connectivity index (χ1) is 6.16. The van der Waals surface area contributed by atoms with Crippen molar-refractivity contribution in [2.75, 3.05) is 12.3 Å². The van der Waals surface area contributed by atoms with E-state index in [9.17, 15) is 9.59 Å². The predicted octanol–water partition coefficient (Wildman–Crippen LogP) is -0.575. The summed E-state index contributed by atoms with van der Waals surface area (Å²) in [6.07, 6.45) is 0.813. The fourth-order valence-corrected chi connectivity index (χ4v) is 0.924. The Labute approximate surface area is 74.5 Å². The van der Waals surface area contributed by atoms with Crippen molar-refractivity contribution >= 4 is 11.7 Å². The zero-order chi connectivity index (χ0) is 9.84. The standard InChI is InChI=1S/C7H12N4O2/c1-2-3-9-6(12)4-5(8)10-11-7(4)13/h2-3H2,1H3,(H,9,12)(H4,8,10,11,13). The molecule has 0 saturated heterocycles. The molecule has 72 valence electrons. The van der Waals surface area contributed by atoms with Crippen molar-refractivity contribution in [1.29, 1.82) is 0 Å². The van der Waals surface area contributed by atoms with Crippen LogP contribution in [0.2, 0.25) is 0 Å². The highest BCUT2D eigenvalue weighted by Crippen LogP contribution is 1.99. The monoisotopic (exact) mass is 184 g/mol. The first kappa shape index (κ1) is 9.37. The maximum absolute atomic E-state index is 11.3. The predicted molar refractivity (Wildman–Crippen MR) is 48.4 cm³/mol. The van der Waals surface area contributed by atoms with Crippen molar-refractivity contribution in [2.24, 2.45) is 0 Å². The quantitative estimate of drug-likeness (QED) is 0.505. The number of aromatic amines is 2. The lowest BCUT2D eigenvalue weighted by Crippen LogP contribution is -2.28. The Hall–Kier alpha value is -1.72. The van der Waals surface area contributed by atoms with Gasteiger partial charge in [0, 0.05) is 6.54 Å². The number of nitrogens with one attached hydrogen (secondary N) is 3. The van der Waals surface area contributed by atoms with Crippen LogP contribution in [0.5, 0.6) is 0 Å². The van der Waals surface area contributed by atoms with Crippen molar-refractivity contribution in [3.8, 4) is 0 Å². The summed E-state index contributed by atoms with van der Waals surface area (Å²) in [7, 11) is 0. The maximum atomic E-state index is 11.3. The van der Waals surface area contributed by atoms with Crippen LogP contribution >= 0.6 is 0 Å². The van der Waals surface area contributed by atoms with Crippen LogP contribution in [-0.2, 0) is 0 Å². The molecule has 1 rings (SSSR count). The van der Waals surface area contributed by atoms with Crippen LogP contribution in [0, 0.1) is 0 Å². The molecule has 13 heavy (non-hydrogen) atoms. The first-order valence-electron chi connectivity index (χ1n) is 4.01. The second kappa shape index (κ2) is 3.79. The van der Waals surface area contributed by atoms with E-state index >= 15 is 0 Å². The van der Waals surface area contributed by atoms with E-state index in [4.69, 9.17) is 5.73 Å². The number of hydrogen-bond donors (Lipinski definition) is 4. The van der Waals surface area contributed by atoms with E-state index in [0.717, 1.165) is 6.42 Å². The van der Waals surface area contributed by atoms with Crippen LogP contribution in [0.4, 0.5) is 5.82 Å². The molecule has 0 bridgehead atoms. The SMILES string of the molecule is CCCNC(=O)c1c(N)[nH][nH]c1=O. The molecule has 0 radical (unpaired) electrons. The summed E-state index contributed by atoms with van der Waals surface area (Å²) in [5, 5.41) is 7.16. The van der Waals surface area contributed by atoms with Gasteiger partial charge in [0.05, 0.1) is 0 Å². The Kier molecular flexibility index (Phi) is 2.73. The second-order valence-corrected chi connectivity index (χ2v) is 2.62. The van der Waals surface area contributed by atoms with Gasteiger partial charge in [-0.3, -0.25) is 19.8 Å². The maximum Gasteiger partial charge on any atom is 0.279 e. The van der Waals surface area contributed by atoms with E-state index in [-0.39, 0.29) is 11.4 Å². The molecule has 0 aromatic carbocycles. The number of amides is 1. The summed E-state index contributed by atoms with van der Waals surface area (Å²) >= 11 is 0. The molecule has 0 aliphatic rings. The number of nitrogens with two attached hydrogens (primary N) is 1. The summed E-state index contributed by atoms with van der Waals surface area (Å²) in [4.78, 5) is 22.3. The summed E-state index contributed by atoms with van der Waals surface area (Å²) in [5.41, 5.74) is 4.82. The lowest BCUT2D eigenvalue weighted by Gasteiger charge is -1.99. The number of aromatic nitrogens is 2. The molecule has 0 aliphatic heterocycles. The van der Waals surface area contributed by atoms with Crippen molar-refractivity contribution in [1.82, 2.24) is 15.5 Å². The molecule has 6 heteroatoms. The zero-order valence-corrected chi connectivity index (χ0v) is 7.31. The van der Waals surface area contributed by atoms with Crippen molar-refractivity contribution < 1.29 is 4.79 Å². The molecule has 0 unspecified atom stereocenters. The number of anilines is 1. The smallest absolute Gasteiger partial charge is 0.279 e. The Morgan fingerprint density at radius 2 is 2.23 bits per heavy atom. The second-order valence-electron chi connectivity index (χ2n) is 2.62. The number of nitrogen functional groups attached to an aromatic ring is 1. The molecule has 0 atom stereocenters. The summed E-state index contributed by atoms with van der Waals surface area (Å²) in [5.74, 6) is -0.375. The van der Waals surface area contributed by atoms with Crippen LogP contribution in [0.3, 0.4) is 0 Å². The minimum Gasteiger partial charge on any atom is -0.383 e. The van der Waals surface area contributed by atoms with Gasteiger partial charge in [-0.1, -0.05) is 6.92 Å². The van der Waals surface area contributed by atoms with Gasteiger partial charge in [-0.2, -0.15) is 0 Å². The normalized spacial score (nSPS) is 9.92. The van der Waals surface area contributed by atoms with Crippen molar-refractivity contribution in [3.63, 3.8) is 0 Å². The number of carbonyl (C=O) groups excluding carboxylic acids is 1. The van der Waals surface area contributed by atoms with Crippen molar-refractivity contribution in [3.05, 3.63) is 15.9 Å². The van der Waals surface area contributed by atoms with Gasteiger partial charge in [-0.15, -0.1) is 0 Å². The van der Waals surface area contributed by atoms with Crippen LogP contribution in [0.25, 0.3) is 0 Å². The van der Waals surface area contributed by atoms with Gasteiger partial charge in [-0.25, -0.2) is 0 Å². The lowest BCUT2D eigenvalue weighted by molar-refractivity contribution is 0.0953. The molecule has 0 spiro atoms. The van der Waals surface area contributed by atoms with E-state index in [0.29, 0.717) is 6.54 Å². The Bertz CT molecular complexity index is 352. The fraction of sp³-hybridized carbons (Fsp3) is 0.429. The van der Waals surface area contributed by atoms with E-state index in [1.807, 2.05) is 6.92 Å². The van der Waals surface area contributed by atoms with Gasteiger partial charge in [0.15, 0.2) is 0 Å². The van der Waals surface area contributed by atoms with Gasteiger partial charge in [-0.05, 0) is 6.42 Å². The van der Waals surface area contributed by atoms with Gasteiger partial charge in [0.1, 0.15) is 11.4 Å².